The summed E-state index contributed by atoms with van der Waals surface area (Å²) >= 11 is 16.7. The van der Waals surface area contributed by atoms with Crippen molar-refractivity contribution in [2.24, 2.45) is 0 Å². The molecular formula is C20H20BrClN4O2S2. The van der Waals surface area contributed by atoms with Crippen LogP contribution in [-0.2, 0) is 17.7 Å². The smallest absolute Gasteiger partial charge is 0.341 e. The van der Waals surface area contributed by atoms with E-state index in [1.165, 1.54) is 18.4 Å². The fourth-order valence-electron chi connectivity index (χ4n) is 3.02. The van der Waals surface area contributed by atoms with Crippen molar-refractivity contribution < 1.29 is 9.53 Å². The molecule has 0 saturated heterocycles. The van der Waals surface area contributed by atoms with Crippen LogP contribution >= 0.6 is 51.1 Å². The van der Waals surface area contributed by atoms with Crippen molar-refractivity contribution in [1.29, 1.82) is 0 Å². The molecule has 3 aromatic rings. The van der Waals surface area contributed by atoms with Gasteiger partial charge in [-0.1, -0.05) is 36.7 Å². The summed E-state index contributed by atoms with van der Waals surface area (Å²) in [4.78, 5) is 13.3. The lowest BCUT2D eigenvalue weighted by Gasteiger charge is -2.10. The summed E-state index contributed by atoms with van der Waals surface area (Å²) in [6.45, 7) is 4.51. The monoisotopic (exact) mass is 526 g/mol. The molecule has 3 rings (SSSR count). The molecule has 30 heavy (non-hydrogen) atoms. The predicted molar refractivity (Wildman–Crippen MR) is 130 cm³/mol. The van der Waals surface area contributed by atoms with Crippen LogP contribution in [0.25, 0.3) is 0 Å². The van der Waals surface area contributed by atoms with E-state index in [2.05, 4.69) is 31.7 Å². The molecule has 10 heteroatoms. The summed E-state index contributed by atoms with van der Waals surface area (Å²) < 4.78 is 7.47. The Hall–Kier alpha value is -1.94. The van der Waals surface area contributed by atoms with E-state index in [1.807, 2.05) is 44.3 Å². The summed E-state index contributed by atoms with van der Waals surface area (Å²) in [6, 6.07) is 7.63. The normalized spacial score (nSPS) is 10.7. The van der Waals surface area contributed by atoms with Gasteiger partial charge in [-0.2, -0.15) is 5.10 Å². The van der Waals surface area contributed by atoms with E-state index in [0.29, 0.717) is 33.1 Å². The third kappa shape index (κ3) is 5.03. The molecule has 0 aliphatic carbocycles. The average Bonchev–Trinajstić information content (AvgIpc) is 3.21. The highest BCUT2D eigenvalue weighted by Gasteiger charge is 2.22. The van der Waals surface area contributed by atoms with E-state index in [1.54, 1.807) is 4.68 Å². The van der Waals surface area contributed by atoms with Crippen molar-refractivity contribution in [1.82, 2.24) is 9.78 Å². The third-order valence-electron chi connectivity index (χ3n) is 4.42. The molecule has 0 unspecified atom stereocenters. The van der Waals surface area contributed by atoms with E-state index < -0.39 is 0 Å². The lowest BCUT2D eigenvalue weighted by molar-refractivity contribution is 0.0601. The van der Waals surface area contributed by atoms with Gasteiger partial charge in [0, 0.05) is 16.1 Å². The Morgan fingerprint density at radius 1 is 1.37 bits per heavy atom. The maximum absolute atomic E-state index is 12.3. The van der Waals surface area contributed by atoms with Crippen LogP contribution in [0.3, 0.4) is 0 Å². The number of esters is 1. The van der Waals surface area contributed by atoms with Gasteiger partial charge in [-0.05, 0) is 58.7 Å². The number of nitrogens with one attached hydrogen (secondary N) is 2. The molecule has 0 atom stereocenters. The van der Waals surface area contributed by atoms with Gasteiger partial charge < -0.3 is 15.4 Å². The van der Waals surface area contributed by atoms with Crippen molar-refractivity contribution >= 4 is 73.0 Å². The van der Waals surface area contributed by atoms with Crippen molar-refractivity contribution in [2.45, 2.75) is 26.8 Å². The van der Waals surface area contributed by atoms with Crippen molar-refractivity contribution in [3.63, 3.8) is 0 Å². The standard InChI is InChI=1S/C20H20BrClN4O2S2/c1-4-13-11(2)30-18(16(13)19(27)28-3)24-20(29)23-17-14(21)10-26(25-17)9-12-7-5-6-8-15(12)22/h5-8,10H,4,9H2,1-3H3,(H2,23,24,25,29). The van der Waals surface area contributed by atoms with Crippen LogP contribution in [0, 0.1) is 6.92 Å². The van der Waals surface area contributed by atoms with Crippen LogP contribution in [0.1, 0.15) is 33.3 Å². The van der Waals surface area contributed by atoms with Gasteiger partial charge in [-0.3, -0.25) is 4.68 Å². The van der Waals surface area contributed by atoms with Gasteiger partial charge in [0.05, 0.1) is 23.7 Å². The number of halogens is 2. The SMILES string of the molecule is CCc1c(C)sc(NC(=S)Nc2nn(Cc3ccccc3Cl)cc2Br)c1C(=O)OC. The quantitative estimate of drug-likeness (QED) is 0.308. The molecular weight excluding hydrogens is 508 g/mol. The molecule has 0 aliphatic rings. The number of carbonyl (C=O) groups is 1. The Kier molecular flexibility index (Phi) is 7.51. The number of aromatic nitrogens is 2. The third-order valence-corrected chi connectivity index (χ3v) is 6.63. The van der Waals surface area contributed by atoms with Crippen LogP contribution in [0.4, 0.5) is 10.8 Å². The Labute approximate surface area is 197 Å². The second-order valence-corrected chi connectivity index (χ2v) is 9.27. The number of methoxy groups -OCH3 is 1. The zero-order valence-corrected chi connectivity index (χ0v) is 20.6. The zero-order valence-electron chi connectivity index (χ0n) is 16.6. The number of hydrogen-bond acceptors (Lipinski definition) is 5. The largest absolute Gasteiger partial charge is 0.465 e. The van der Waals surface area contributed by atoms with Gasteiger partial charge in [0.15, 0.2) is 10.9 Å². The molecule has 0 bridgehead atoms. The maximum atomic E-state index is 12.3. The summed E-state index contributed by atoms with van der Waals surface area (Å²) in [7, 11) is 1.37. The Bertz CT molecular complexity index is 1100. The number of thiophene rings is 1. The number of ether oxygens (including phenoxy) is 1. The molecule has 0 amide bonds. The highest BCUT2D eigenvalue weighted by molar-refractivity contribution is 9.10. The van der Waals surface area contributed by atoms with E-state index in [9.17, 15) is 4.79 Å². The molecule has 0 spiro atoms. The molecule has 0 radical (unpaired) electrons. The number of benzene rings is 1. The first-order valence-electron chi connectivity index (χ1n) is 9.09. The van der Waals surface area contributed by atoms with Crippen LogP contribution < -0.4 is 10.6 Å². The molecule has 2 aromatic heterocycles. The second-order valence-electron chi connectivity index (χ2n) is 6.38. The van der Waals surface area contributed by atoms with Crippen molar-refractivity contribution in [3.05, 3.63) is 61.5 Å². The molecule has 2 N–H and O–H groups in total. The summed E-state index contributed by atoms with van der Waals surface area (Å²) in [5.41, 5.74) is 2.45. The van der Waals surface area contributed by atoms with Crippen LogP contribution in [0.15, 0.2) is 34.9 Å². The lowest BCUT2D eigenvalue weighted by Crippen LogP contribution is -2.21. The van der Waals surface area contributed by atoms with Crippen LogP contribution in [0.2, 0.25) is 5.02 Å². The molecule has 6 nitrogen and oxygen atoms in total. The van der Waals surface area contributed by atoms with E-state index in [-0.39, 0.29) is 5.97 Å². The Morgan fingerprint density at radius 2 is 2.10 bits per heavy atom. The van der Waals surface area contributed by atoms with Gasteiger partial charge in [0.1, 0.15) is 5.00 Å². The molecule has 0 fully saturated rings. The maximum Gasteiger partial charge on any atom is 0.341 e. The molecule has 2 heterocycles. The van der Waals surface area contributed by atoms with Gasteiger partial charge >= 0.3 is 5.97 Å². The van der Waals surface area contributed by atoms with Crippen LogP contribution in [-0.4, -0.2) is 28.0 Å². The highest BCUT2D eigenvalue weighted by Crippen LogP contribution is 2.34. The number of aryl methyl sites for hydroxylation is 1. The Morgan fingerprint density at radius 3 is 2.77 bits per heavy atom. The Balaban J connectivity index is 1.75. The summed E-state index contributed by atoms with van der Waals surface area (Å²) in [5, 5.41) is 12.4. The topological polar surface area (TPSA) is 68.2 Å². The van der Waals surface area contributed by atoms with Gasteiger partial charge in [-0.15, -0.1) is 11.3 Å². The van der Waals surface area contributed by atoms with E-state index in [4.69, 9.17) is 28.6 Å². The zero-order chi connectivity index (χ0) is 21.8. The number of nitrogens with zero attached hydrogens (tertiary/aromatic N) is 2. The summed E-state index contributed by atoms with van der Waals surface area (Å²) in [5.74, 6) is 0.176. The molecule has 0 aliphatic heterocycles. The minimum absolute atomic E-state index is 0.327. The van der Waals surface area contributed by atoms with E-state index in [0.717, 1.165) is 26.9 Å². The molecule has 158 valence electrons. The first-order valence-corrected chi connectivity index (χ1v) is 11.5. The number of anilines is 2. The summed E-state index contributed by atoms with van der Waals surface area (Å²) in [6.07, 6.45) is 2.57. The highest BCUT2D eigenvalue weighted by atomic mass is 79.9. The van der Waals surface area contributed by atoms with Crippen molar-refractivity contribution in [3.8, 4) is 0 Å². The predicted octanol–water partition coefficient (Wildman–Crippen LogP) is 5.88. The molecule has 0 saturated carbocycles. The number of carbonyl (C=O) groups excluding carboxylic acids is 1. The molecule has 1 aromatic carbocycles. The fraction of sp³-hybridized carbons (Fsp3) is 0.250. The number of hydrogen-bond donors (Lipinski definition) is 2. The fourth-order valence-corrected chi connectivity index (χ4v) is 5.03. The van der Waals surface area contributed by atoms with Gasteiger partial charge in [-0.25, -0.2) is 4.79 Å². The lowest BCUT2D eigenvalue weighted by atomic mass is 10.1. The first kappa shape index (κ1) is 22.7. The average molecular weight is 528 g/mol. The first-order chi connectivity index (χ1) is 14.3. The minimum atomic E-state index is -0.383. The van der Waals surface area contributed by atoms with Crippen LogP contribution in [0.5, 0.6) is 0 Å². The van der Waals surface area contributed by atoms with Gasteiger partial charge in [0.25, 0.3) is 0 Å². The number of rotatable bonds is 6. The van der Waals surface area contributed by atoms with Gasteiger partial charge in [0.2, 0.25) is 0 Å². The van der Waals surface area contributed by atoms with E-state index >= 15 is 0 Å². The second kappa shape index (κ2) is 9.91. The van der Waals surface area contributed by atoms with Crippen molar-refractivity contribution in [2.75, 3.05) is 17.7 Å². The minimum Gasteiger partial charge on any atom is -0.465 e. The number of thiocarbonyl (C=S) groups is 1.